The van der Waals surface area contributed by atoms with E-state index in [1.54, 1.807) is 6.92 Å². The quantitative estimate of drug-likeness (QED) is 0.655. The van der Waals surface area contributed by atoms with Gasteiger partial charge in [-0.05, 0) is 38.5 Å². The number of ether oxygens (including phenoxy) is 2. The minimum Gasteiger partial charge on any atom is -0.467 e. The van der Waals surface area contributed by atoms with Crippen LogP contribution >= 0.6 is 0 Å². The average molecular weight is 200 g/mol. The van der Waals surface area contributed by atoms with Crippen LogP contribution in [-0.2, 0) is 14.3 Å². The predicted octanol–water partition coefficient (Wildman–Crippen LogP) is 2.14. The Morgan fingerprint density at radius 3 is 2.36 bits per heavy atom. The normalized spacial score (nSPS) is 29.6. The van der Waals surface area contributed by atoms with Crippen LogP contribution in [0.5, 0.6) is 0 Å². The van der Waals surface area contributed by atoms with Gasteiger partial charge in [0.15, 0.2) is 6.10 Å². The molecule has 3 heteroatoms. The third-order valence-electron chi connectivity index (χ3n) is 2.89. The first kappa shape index (κ1) is 11.5. The number of esters is 1. The Hall–Kier alpha value is -0.570. The molecule has 0 aromatic carbocycles. The molecular weight excluding hydrogens is 180 g/mol. The van der Waals surface area contributed by atoms with Crippen molar-refractivity contribution in [2.45, 2.75) is 51.7 Å². The van der Waals surface area contributed by atoms with Crippen LogP contribution in [0.4, 0.5) is 0 Å². The van der Waals surface area contributed by atoms with Crippen molar-refractivity contribution in [3.05, 3.63) is 0 Å². The molecular formula is C11H20O3. The van der Waals surface area contributed by atoms with E-state index in [0.717, 1.165) is 18.8 Å². The number of hydrogen-bond donors (Lipinski definition) is 0. The second kappa shape index (κ2) is 5.35. The van der Waals surface area contributed by atoms with E-state index in [1.807, 2.05) is 0 Å². The topological polar surface area (TPSA) is 35.5 Å². The lowest BCUT2D eigenvalue weighted by Crippen LogP contribution is -2.30. The minimum absolute atomic E-state index is 0.250. The highest BCUT2D eigenvalue weighted by molar-refractivity contribution is 5.73. The van der Waals surface area contributed by atoms with Gasteiger partial charge in [-0.2, -0.15) is 0 Å². The fraction of sp³-hybridized carbons (Fsp3) is 0.909. The van der Waals surface area contributed by atoms with Crippen LogP contribution in [0.3, 0.4) is 0 Å². The zero-order valence-corrected chi connectivity index (χ0v) is 9.29. The van der Waals surface area contributed by atoms with E-state index in [-0.39, 0.29) is 12.1 Å². The Bertz CT molecular complexity index is 183. The fourth-order valence-electron chi connectivity index (χ4n) is 1.88. The second-order valence-corrected chi connectivity index (χ2v) is 4.18. The Kier molecular flexibility index (Phi) is 4.39. The fourth-order valence-corrected chi connectivity index (χ4v) is 1.88. The van der Waals surface area contributed by atoms with E-state index in [9.17, 15) is 4.79 Å². The highest BCUT2D eigenvalue weighted by atomic mass is 16.6. The van der Waals surface area contributed by atoms with Crippen molar-refractivity contribution in [3.63, 3.8) is 0 Å². The molecule has 0 aromatic rings. The van der Waals surface area contributed by atoms with Gasteiger partial charge in [0.25, 0.3) is 0 Å². The van der Waals surface area contributed by atoms with Crippen LogP contribution in [0.2, 0.25) is 0 Å². The lowest BCUT2D eigenvalue weighted by molar-refractivity contribution is -0.157. The standard InChI is InChI=1S/C11H20O3/c1-8-4-6-10(7-5-8)14-9(2)11(12)13-3/h8-10H,4-7H2,1-3H3/t8?,9-,10?/m1/s1. The maximum absolute atomic E-state index is 11.1. The third kappa shape index (κ3) is 3.29. The Balaban J connectivity index is 2.27. The number of carbonyl (C=O) groups excluding carboxylic acids is 1. The molecule has 0 radical (unpaired) electrons. The van der Waals surface area contributed by atoms with Gasteiger partial charge < -0.3 is 9.47 Å². The maximum Gasteiger partial charge on any atom is 0.334 e. The summed E-state index contributed by atoms with van der Waals surface area (Å²) < 4.78 is 10.2. The summed E-state index contributed by atoms with van der Waals surface area (Å²) in [6.07, 6.45) is 4.39. The smallest absolute Gasteiger partial charge is 0.334 e. The number of carbonyl (C=O) groups is 1. The summed E-state index contributed by atoms with van der Waals surface area (Å²) in [7, 11) is 1.39. The second-order valence-electron chi connectivity index (χ2n) is 4.18. The molecule has 1 aliphatic rings. The molecule has 1 atom stereocenters. The van der Waals surface area contributed by atoms with E-state index in [2.05, 4.69) is 11.7 Å². The molecule has 0 heterocycles. The summed E-state index contributed by atoms with van der Waals surface area (Å²) >= 11 is 0. The average Bonchev–Trinajstić information content (AvgIpc) is 2.20. The number of hydrogen-bond acceptors (Lipinski definition) is 3. The van der Waals surface area contributed by atoms with E-state index >= 15 is 0 Å². The van der Waals surface area contributed by atoms with Gasteiger partial charge in [0.2, 0.25) is 0 Å². The van der Waals surface area contributed by atoms with Crippen molar-refractivity contribution < 1.29 is 14.3 Å². The summed E-state index contributed by atoms with van der Waals surface area (Å²) in [5, 5.41) is 0. The molecule has 3 nitrogen and oxygen atoms in total. The summed E-state index contributed by atoms with van der Waals surface area (Å²) in [6, 6.07) is 0. The molecule has 0 aliphatic heterocycles. The van der Waals surface area contributed by atoms with E-state index in [1.165, 1.54) is 20.0 Å². The lowest BCUT2D eigenvalue weighted by Gasteiger charge is -2.27. The van der Waals surface area contributed by atoms with Gasteiger partial charge in [-0.25, -0.2) is 4.79 Å². The SMILES string of the molecule is COC(=O)[C@@H](C)OC1CCC(C)CC1. The molecule has 0 N–H and O–H groups in total. The summed E-state index contributed by atoms with van der Waals surface area (Å²) in [5.74, 6) is 0.534. The van der Waals surface area contributed by atoms with E-state index in [0.29, 0.717) is 0 Å². The van der Waals surface area contributed by atoms with Gasteiger partial charge >= 0.3 is 5.97 Å². The molecule has 0 saturated heterocycles. The molecule has 0 unspecified atom stereocenters. The van der Waals surface area contributed by atoms with Crippen LogP contribution in [0.1, 0.15) is 39.5 Å². The molecule has 0 bridgehead atoms. The summed E-state index contributed by atoms with van der Waals surface area (Å²) in [6.45, 7) is 4.02. The monoisotopic (exact) mass is 200 g/mol. The largest absolute Gasteiger partial charge is 0.467 e. The Morgan fingerprint density at radius 1 is 1.29 bits per heavy atom. The minimum atomic E-state index is -0.418. The molecule has 1 saturated carbocycles. The van der Waals surface area contributed by atoms with Crippen molar-refractivity contribution >= 4 is 5.97 Å². The molecule has 82 valence electrons. The van der Waals surface area contributed by atoms with Crippen LogP contribution < -0.4 is 0 Å². The predicted molar refractivity (Wildman–Crippen MR) is 54.0 cm³/mol. The van der Waals surface area contributed by atoms with Crippen molar-refractivity contribution in [1.29, 1.82) is 0 Å². The van der Waals surface area contributed by atoms with Crippen LogP contribution in [0.15, 0.2) is 0 Å². The highest BCUT2D eigenvalue weighted by Gasteiger charge is 2.23. The van der Waals surface area contributed by atoms with E-state index < -0.39 is 6.10 Å². The van der Waals surface area contributed by atoms with Gasteiger partial charge in [0.1, 0.15) is 0 Å². The Morgan fingerprint density at radius 2 is 1.86 bits per heavy atom. The highest BCUT2D eigenvalue weighted by Crippen LogP contribution is 2.26. The van der Waals surface area contributed by atoms with Crippen molar-refractivity contribution in [2.75, 3.05) is 7.11 Å². The lowest BCUT2D eigenvalue weighted by atomic mass is 9.89. The van der Waals surface area contributed by atoms with Crippen LogP contribution in [0, 0.1) is 5.92 Å². The van der Waals surface area contributed by atoms with E-state index in [4.69, 9.17) is 4.74 Å². The summed E-state index contributed by atoms with van der Waals surface area (Å²) in [4.78, 5) is 11.1. The number of rotatable bonds is 3. The molecule has 0 amide bonds. The van der Waals surface area contributed by atoms with Crippen LogP contribution in [-0.4, -0.2) is 25.3 Å². The molecule has 0 aromatic heterocycles. The van der Waals surface area contributed by atoms with Crippen molar-refractivity contribution in [2.24, 2.45) is 5.92 Å². The maximum atomic E-state index is 11.1. The van der Waals surface area contributed by atoms with Gasteiger partial charge in [0, 0.05) is 0 Å². The third-order valence-corrected chi connectivity index (χ3v) is 2.89. The molecule has 1 rings (SSSR count). The van der Waals surface area contributed by atoms with Gasteiger partial charge in [0.05, 0.1) is 13.2 Å². The Labute approximate surface area is 85.8 Å². The van der Waals surface area contributed by atoms with Crippen LogP contribution in [0.25, 0.3) is 0 Å². The molecule has 1 aliphatic carbocycles. The van der Waals surface area contributed by atoms with Crippen molar-refractivity contribution in [3.8, 4) is 0 Å². The van der Waals surface area contributed by atoms with Gasteiger partial charge in [-0.15, -0.1) is 0 Å². The first-order valence-corrected chi connectivity index (χ1v) is 5.36. The van der Waals surface area contributed by atoms with Gasteiger partial charge in [-0.3, -0.25) is 0 Å². The first-order chi connectivity index (χ1) is 6.63. The molecule has 1 fully saturated rings. The number of methoxy groups -OCH3 is 1. The molecule has 14 heavy (non-hydrogen) atoms. The van der Waals surface area contributed by atoms with Gasteiger partial charge in [-0.1, -0.05) is 6.92 Å². The zero-order valence-electron chi connectivity index (χ0n) is 9.29. The van der Waals surface area contributed by atoms with Crippen molar-refractivity contribution in [1.82, 2.24) is 0 Å². The first-order valence-electron chi connectivity index (χ1n) is 5.36. The molecule has 0 spiro atoms. The zero-order chi connectivity index (χ0) is 10.6. The summed E-state index contributed by atoms with van der Waals surface area (Å²) in [5.41, 5.74) is 0.